The van der Waals surface area contributed by atoms with Crippen LogP contribution in [0.2, 0.25) is 0 Å². The van der Waals surface area contributed by atoms with E-state index in [-0.39, 0.29) is 10.8 Å². The third kappa shape index (κ3) is 3.29. The Bertz CT molecular complexity index is 631. The highest BCUT2D eigenvalue weighted by atomic mass is 16.5. The molecule has 0 saturated carbocycles. The summed E-state index contributed by atoms with van der Waals surface area (Å²) in [6.45, 7) is 8.64. The molecule has 3 heteroatoms. The molecule has 0 fully saturated rings. The highest BCUT2D eigenvalue weighted by Gasteiger charge is 2.18. The van der Waals surface area contributed by atoms with Gasteiger partial charge >= 0.3 is 0 Å². The second-order valence-corrected chi connectivity index (χ2v) is 5.73. The summed E-state index contributed by atoms with van der Waals surface area (Å²) in [7, 11) is 0. The van der Waals surface area contributed by atoms with E-state index in [4.69, 9.17) is 9.15 Å². The van der Waals surface area contributed by atoms with E-state index in [9.17, 15) is 4.79 Å². The smallest absolute Gasteiger partial charge is 0.185 e. The predicted molar refractivity (Wildman–Crippen MR) is 80.3 cm³/mol. The fraction of sp³-hybridized carbons (Fsp3) is 0.353. The average molecular weight is 272 g/mol. The summed E-state index contributed by atoms with van der Waals surface area (Å²) in [5.41, 5.74) is 0.641. The second kappa shape index (κ2) is 5.53. The molecule has 0 aliphatic rings. The van der Waals surface area contributed by atoms with Gasteiger partial charge in [-0.25, -0.2) is 0 Å². The molecule has 106 valence electrons. The van der Waals surface area contributed by atoms with E-state index < -0.39 is 0 Å². The van der Waals surface area contributed by atoms with Gasteiger partial charge in [-0.15, -0.1) is 0 Å². The van der Waals surface area contributed by atoms with E-state index in [0.717, 1.165) is 11.3 Å². The van der Waals surface area contributed by atoms with Gasteiger partial charge in [0.05, 0.1) is 6.61 Å². The normalized spacial score (nSPS) is 11.4. The first kappa shape index (κ1) is 14.4. The van der Waals surface area contributed by atoms with E-state index in [1.165, 1.54) is 6.07 Å². The minimum Gasteiger partial charge on any atom is -0.494 e. The quantitative estimate of drug-likeness (QED) is 0.847. The highest BCUT2D eigenvalue weighted by Crippen LogP contribution is 2.27. The molecular weight excluding hydrogens is 252 g/mol. The Labute approximate surface area is 119 Å². The Morgan fingerprint density at radius 2 is 1.75 bits per heavy atom. The van der Waals surface area contributed by atoms with Crippen LogP contribution in [0.15, 0.2) is 45.6 Å². The molecule has 0 saturated heterocycles. The van der Waals surface area contributed by atoms with Gasteiger partial charge in [-0.3, -0.25) is 4.79 Å². The van der Waals surface area contributed by atoms with Gasteiger partial charge in [-0.05, 0) is 31.2 Å². The molecule has 0 aliphatic carbocycles. The molecule has 3 nitrogen and oxygen atoms in total. The summed E-state index contributed by atoms with van der Waals surface area (Å²) in [6, 6.07) is 10.6. The van der Waals surface area contributed by atoms with E-state index in [1.54, 1.807) is 6.07 Å². The Balaban J connectivity index is 2.42. The molecular formula is C17H20O3. The van der Waals surface area contributed by atoms with Gasteiger partial charge < -0.3 is 9.15 Å². The van der Waals surface area contributed by atoms with Crippen LogP contribution in [-0.2, 0) is 5.41 Å². The fourth-order valence-corrected chi connectivity index (χ4v) is 1.87. The summed E-state index contributed by atoms with van der Waals surface area (Å²) in [6.07, 6.45) is 0. The van der Waals surface area contributed by atoms with Crippen LogP contribution in [0.5, 0.6) is 5.75 Å². The lowest BCUT2D eigenvalue weighted by molar-refractivity contribution is 0.340. The van der Waals surface area contributed by atoms with Crippen LogP contribution < -0.4 is 10.2 Å². The Morgan fingerprint density at radius 3 is 2.30 bits per heavy atom. The van der Waals surface area contributed by atoms with Crippen LogP contribution in [0.3, 0.4) is 0 Å². The third-order valence-electron chi connectivity index (χ3n) is 2.96. The van der Waals surface area contributed by atoms with Gasteiger partial charge in [0.25, 0.3) is 0 Å². The number of rotatable bonds is 3. The van der Waals surface area contributed by atoms with Crippen molar-refractivity contribution in [3.8, 4) is 17.1 Å². The van der Waals surface area contributed by atoms with Crippen molar-refractivity contribution in [1.29, 1.82) is 0 Å². The largest absolute Gasteiger partial charge is 0.494 e. The minimum atomic E-state index is -0.194. The van der Waals surface area contributed by atoms with Crippen molar-refractivity contribution in [3.63, 3.8) is 0 Å². The van der Waals surface area contributed by atoms with Crippen molar-refractivity contribution in [2.75, 3.05) is 6.61 Å². The van der Waals surface area contributed by atoms with Crippen LogP contribution in [-0.4, -0.2) is 6.61 Å². The third-order valence-corrected chi connectivity index (χ3v) is 2.96. The van der Waals surface area contributed by atoms with Crippen LogP contribution in [0.4, 0.5) is 0 Å². The van der Waals surface area contributed by atoms with Crippen molar-refractivity contribution < 1.29 is 9.15 Å². The molecule has 0 aliphatic heterocycles. The summed E-state index contributed by atoms with van der Waals surface area (Å²) in [5, 5.41) is 0. The lowest BCUT2D eigenvalue weighted by Crippen LogP contribution is -2.14. The molecule has 1 aromatic carbocycles. The first-order valence-corrected chi connectivity index (χ1v) is 6.79. The van der Waals surface area contributed by atoms with Crippen LogP contribution in [0, 0.1) is 0 Å². The SMILES string of the molecule is CCOc1ccc(-c2cc(=O)cc(C(C)(C)C)o2)cc1. The highest BCUT2D eigenvalue weighted by molar-refractivity contribution is 5.58. The monoisotopic (exact) mass is 272 g/mol. The first-order chi connectivity index (χ1) is 9.40. The van der Waals surface area contributed by atoms with Crippen molar-refractivity contribution in [2.24, 2.45) is 0 Å². The molecule has 0 bridgehead atoms. The topological polar surface area (TPSA) is 39.4 Å². The van der Waals surface area contributed by atoms with Crippen molar-refractivity contribution in [1.82, 2.24) is 0 Å². The van der Waals surface area contributed by atoms with Gasteiger partial charge in [0, 0.05) is 23.1 Å². The zero-order valence-electron chi connectivity index (χ0n) is 12.4. The maximum Gasteiger partial charge on any atom is 0.185 e. The van der Waals surface area contributed by atoms with Crippen molar-refractivity contribution in [3.05, 3.63) is 52.4 Å². The van der Waals surface area contributed by atoms with Crippen molar-refractivity contribution >= 4 is 0 Å². The van der Waals surface area contributed by atoms with Crippen LogP contribution >= 0.6 is 0 Å². The van der Waals surface area contributed by atoms with Gasteiger partial charge in [-0.1, -0.05) is 20.8 Å². The molecule has 0 atom stereocenters. The first-order valence-electron chi connectivity index (χ1n) is 6.79. The fourth-order valence-electron chi connectivity index (χ4n) is 1.87. The molecule has 0 spiro atoms. The van der Waals surface area contributed by atoms with E-state index in [0.29, 0.717) is 18.1 Å². The van der Waals surface area contributed by atoms with E-state index in [2.05, 4.69) is 0 Å². The van der Waals surface area contributed by atoms with E-state index in [1.807, 2.05) is 52.0 Å². The van der Waals surface area contributed by atoms with Gasteiger partial charge in [0.1, 0.15) is 17.3 Å². The van der Waals surface area contributed by atoms with Crippen molar-refractivity contribution in [2.45, 2.75) is 33.1 Å². The molecule has 1 aromatic heterocycles. The van der Waals surface area contributed by atoms with E-state index >= 15 is 0 Å². The number of hydrogen-bond donors (Lipinski definition) is 0. The molecule has 0 unspecified atom stereocenters. The maximum atomic E-state index is 11.8. The zero-order valence-corrected chi connectivity index (χ0v) is 12.4. The molecule has 0 amide bonds. The lowest BCUT2D eigenvalue weighted by Gasteiger charge is -2.17. The summed E-state index contributed by atoms with van der Waals surface area (Å²) >= 11 is 0. The Hall–Kier alpha value is -2.03. The standard InChI is InChI=1S/C17H20O3/c1-5-19-14-8-6-12(7-9-14)15-10-13(18)11-16(20-15)17(2,3)4/h6-11H,5H2,1-4H3. The molecule has 2 rings (SSSR count). The summed E-state index contributed by atoms with van der Waals surface area (Å²) in [4.78, 5) is 11.8. The Kier molecular flexibility index (Phi) is 3.98. The molecule has 20 heavy (non-hydrogen) atoms. The maximum absolute atomic E-state index is 11.8. The number of hydrogen-bond acceptors (Lipinski definition) is 3. The molecule has 2 aromatic rings. The van der Waals surface area contributed by atoms with Gasteiger partial charge in [0.2, 0.25) is 0 Å². The van der Waals surface area contributed by atoms with Gasteiger partial charge in [-0.2, -0.15) is 0 Å². The molecule has 0 radical (unpaired) electrons. The van der Waals surface area contributed by atoms with Crippen LogP contribution in [0.1, 0.15) is 33.5 Å². The van der Waals surface area contributed by atoms with Crippen LogP contribution in [0.25, 0.3) is 11.3 Å². The predicted octanol–water partition coefficient (Wildman–Crippen LogP) is 4.00. The average Bonchev–Trinajstić information content (AvgIpc) is 2.38. The minimum absolute atomic E-state index is 0.0370. The summed E-state index contributed by atoms with van der Waals surface area (Å²) < 4.78 is 11.3. The molecule has 0 N–H and O–H groups in total. The lowest BCUT2D eigenvalue weighted by atomic mass is 9.93. The van der Waals surface area contributed by atoms with Gasteiger partial charge in [0.15, 0.2) is 5.43 Å². The number of benzene rings is 1. The second-order valence-electron chi connectivity index (χ2n) is 5.73. The number of ether oxygens (including phenoxy) is 1. The Morgan fingerprint density at radius 1 is 1.10 bits per heavy atom. The molecule has 1 heterocycles. The zero-order chi connectivity index (χ0) is 14.8. The summed E-state index contributed by atoms with van der Waals surface area (Å²) in [5.74, 6) is 2.09.